The Labute approximate surface area is 100 Å². The Morgan fingerprint density at radius 1 is 1.56 bits per heavy atom. The van der Waals surface area contributed by atoms with Crippen LogP contribution < -0.4 is 11.1 Å². The maximum atomic E-state index is 5.78. The Hall–Kier alpha value is -1.62. The van der Waals surface area contributed by atoms with Gasteiger partial charge in [-0.1, -0.05) is 0 Å². The van der Waals surface area contributed by atoms with Gasteiger partial charge in [0.1, 0.15) is 5.76 Å². The van der Waals surface area contributed by atoms with Gasteiger partial charge in [-0.05, 0) is 19.1 Å². The lowest BCUT2D eigenvalue weighted by Gasteiger charge is -2.00. The highest BCUT2D eigenvalue weighted by Crippen LogP contribution is 2.16. The van der Waals surface area contributed by atoms with Gasteiger partial charge in [-0.25, -0.2) is 0 Å². The number of nitrogen functional groups attached to an aromatic ring is 1. The standard InChI is InChI=1S/C10H14N4O.ClH/c1-2-14-7-9(11)10(13-14)12-6-8-4-3-5-15-8;/h3-5,7H,2,6,11H2,1H3,(H,12,13);1H. The minimum absolute atomic E-state index is 0. The smallest absolute Gasteiger partial charge is 0.171 e. The van der Waals surface area contributed by atoms with Crippen LogP contribution in [0.4, 0.5) is 11.5 Å². The average Bonchev–Trinajstić information content (AvgIpc) is 2.84. The van der Waals surface area contributed by atoms with Gasteiger partial charge in [-0.15, -0.1) is 12.4 Å². The van der Waals surface area contributed by atoms with Crippen molar-refractivity contribution in [3.8, 4) is 0 Å². The van der Waals surface area contributed by atoms with Crippen LogP contribution >= 0.6 is 12.4 Å². The topological polar surface area (TPSA) is 69.0 Å². The summed E-state index contributed by atoms with van der Waals surface area (Å²) in [6.07, 6.45) is 3.45. The SMILES string of the molecule is CCn1cc(N)c(NCc2ccco2)n1.Cl. The van der Waals surface area contributed by atoms with Crippen molar-refractivity contribution in [1.82, 2.24) is 9.78 Å². The lowest BCUT2D eigenvalue weighted by atomic mass is 10.4. The summed E-state index contributed by atoms with van der Waals surface area (Å²) in [6.45, 7) is 3.42. The number of rotatable bonds is 4. The predicted octanol–water partition coefficient (Wildman–Crippen LogP) is 2.11. The molecule has 0 aliphatic rings. The number of aryl methyl sites for hydroxylation is 1. The van der Waals surface area contributed by atoms with E-state index in [1.165, 1.54) is 0 Å². The Balaban J connectivity index is 0.00000128. The van der Waals surface area contributed by atoms with Crippen LogP contribution in [0.1, 0.15) is 12.7 Å². The highest BCUT2D eigenvalue weighted by atomic mass is 35.5. The van der Waals surface area contributed by atoms with E-state index < -0.39 is 0 Å². The monoisotopic (exact) mass is 242 g/mol. The van der Waals surface area contributed by atoms with Gasteiger partial charge in [0.05, 0.1) is 24.7 Å². The molecule has 0 aromatic carbocycles. The summed E-state index contributed by atoms with van der Waals surface area (Å²) in [7, 11) is 0. The van der Waals surface area contributed by atoms with Crippen molar-refractivity contribution in [2.45, 2.75) is 20.0 Å². The molecule has 0 saturated carbocycles. The molecular formula is C10H15ClN4O. The molecule has 0 atom stereocenters. The second kappa shape index (κ2) is 5.46. The predicted molar refractivity (Wildman–Crippen MR) is 65.6 cm³/mol. The van der Waals surface area contributed by atoms with Crippen molar-refractivity contribution in [1.29, 1.82) is 0 Å². The molecule has 2 heterocycles. The number of hydrogen-bond donors (Lipinski definition) is 2. The lowest BCUT2D eigenvalue weighted by molar-refractivity contribution is 0.517. The largest absolute Gasteiger partial charge is 0.467 e. The van der Waals surface area contributed by atoms with E-state index in [4.69, 9.17) is 10.2 Å². The highest BCUT2D eigenvalue weighted by molar-refractivity contribution is 5.85. The molecule has 0 amide bonds. The Morgan fingerprint density at radius 3 is 2.94 bits per heavy atom. The van der Waals surface area contributed by atoms with Gasteiger partial charge in [0.25, 0.3) is 0 Å². The number of nitrogens with two attached hydrogens (primary N) is 1. The quantitative estimate of drug-likeness (QED) is 0.862. The maximum Gasteiger partial charge on any atom is 0.171 e. The number of furan rings is 1. The van der Waals surface area contributed by atoms with Gasteiger partial charge in [0.2, 0.25) is 0 Å². The number of aromatic nitrogens is 2. The Bertz CT molecular complexity index is 424. The third-order valence-corrected chi connectivity index (χ3v) is 2.12. The zero-order valence-electron chi connectivity index (χ0n) is 9.01. The first-order chi connectivity index (χ1) is 7.29. The lowest BCUT2D eigenvalue weighted by Crippen LogP contribution is -2.02. The normalized spacial score (nSPS) is 9.81. The van der Waals surface area contributed by atoms with Gasteiger partial charge in [0, 0.05) is 6.54 Å². The number of halogens is 1. The molecule has 3 N–H and O–H groups in total. The maximum absolute atomic E-state index is 5.78. The molecule has 0 bridgehead atoms. The van der Waals surface area contributed by atoms with Gasteiger partial charge in [-0.2, -0.15) is 5.10 Å². The third kappa shape index (κ3) is 2.70. The molecular weight excluding hydrogens is 228 g/mol. The summed E-state index contributed by atoms with van der Waals surface area (Å²) >= 11 is 0. The third-order valence-electron chi connectivity index (χ3n) is 2.12. The van der Waals surface area contributed by atoms with Crippen LogP contribution in [0.3, 0.4) is 0 Å². The first-order valence-corrected chi connectivity index (χ1v) is 4.88. The molecule has 2 aromatic heterocycles. The summed E-state index contributed by atoms with van der Waals surface area (Å²) in [5.74, 6) is 1.56. The van der Waals surface area contributed by atoms with Crippen molar-refractivity contribution < 1.29 is 4.42 Å². The molecule has 88 valence electrons. The first-order valence-electron chi connectivity index (χ1n) is 4.88. The van der Waals surface area contributed by atoms with Crippen molar-refractivity contribution in [3.63, 3.8) is 0 Å². The highest BCUT2D eigenvalue weighted by Gasteiger charge is 2.04. The molecule has 16 heavy (non-hydrogen) atoms. The number of nitrogens with one attached hydrogen (secondary N) is 1. The van der Waals surface area contributed by atoms with E-state index in [0.717, 1.165) is 12.3 Å². The Kier molecular flexibility index (Phi) is 4.25. The fourth-order valence-electron chi connectivity index (χ4n) is 1.32. The summed E-state index contributed by atoms with van der Waals surface area (Å²) < 4.78 is 6.98. The number of nitrogens with zero attached hydrogens (tertiary/aromatic N) is 2. The van der Waals surface area contributed by atoms with Crippen LogP contribution in [0.5, 0.6) is 0 Å². The van der Waals surface area contributed by atoms with E-state index in [9.17, 15) is 0 Å². The van der Waals surface area contributed by atoms with Crippen molar-refractivity contribution in [2.24, 2.45) is 0 Å². The molecule has 0 fully saturated rings. The van der Waals surface area contributed by atoms with Crippen LogP contribution in [0.2, 0.25) is 0 Å². The Morgan fingerprint density at radius 2 is 2.38 bits per heavy atom. The van der Waals surface area contributed by atoms with Crippen LogP contribution in [0, 0.1) is 0 Å². The molecule has 6 heteroatoms. The number of anilines is 2. The van der Waals surface area contributed by atoms with Gasteiger partial charge < -0.3 is 15.5 Å². The van der Waals surface area contributed by atoms with Gasteiger partial charge in [0.15, 0.2) is 5.82 Å². The van der Waals surface area contributed by atoms with Gasteiger partial charge in [-0.3, -0.25) is 4.68 Å². The van der Waals surface area contributed by atoms with E-state index in [1.54, 1.807) is 10.9 Å². The summed E-state index contributed by atoms with van der Waals surface area (Å²) in [5.41, 5.74) is 6.44. The second-order valence-corrected chi connectivity index (χ2v) is 3.22. The fourth-order valence-corrected chi connectivity index (χ4v) is 1.32. The summed E-state index contributed by atoms with van der Waals surface area (Å²) in [6, 6.07) is 3.75. The molecule has 5 nitrogen and oxygen atoms in total. The van der Waals surface area contributed by atoms with Crippen LogP contribution in [-0.2, 0) is 13.1 Å². The first kappa shape index (κ1) is 12.4. The summed E-state index contributed by atoms with van der Waals surface area (Å²) in [5, 5.41) is 7.39. The average molecular weight is 243 g/mol. The molecule has 0 aliphatic heterocycles. The van der Waals surface area contributed by atoms with Crippen LogP contribution in [0.25, 0.3) is 0 Å². The second-order valence-electron chi connectivity index (χ2n) is 3.22. The number of hydrogen-bond acceptors (Lipinski definition) is 4. The molecule has 0 saturated heterocycles. The van der Waals surface area contributed by atoms with Crippen LogP contribution in [0.15, 0.2) is 29.0 Å². The molecule has 0 spiro atoms. The minimum Gasteiger partial charge on any atom is -0.467 e. The fraction of sp³-hybridized carbons (Fsp3) is 0.300. The van der Waals surface area contributed by atoms with Crippen molar-refractivity contribution in [2.75, 3.05) is 11.1 Å². The minimum atomic E-state index is 0. The molecule has 0 radical (unpaired) electrons. The van der Waals surface area contributed by atoms with Gasteiger partial charge >= 0.3 is 0 Å². The van der Waals surface area contributed by atoms with E-state index in [-0.39, 0.29) is 12.4 Å². The van der Waals surface area contributed by atoms with Crippen LogP contribution in [-0.4, -0.2) is 9.78 Å². The molecule has 2 aromatic rings. The van der Waals surface area contributed by atoms with E-state index in [2.05, 4.69) is 10.4 Å². The molecule has 2 rings (SSSR count). The molecule has 0 unspecified atom stereocenters. The zero-order valence-corrected chi connectivity index (χ0v) is 9.83. The van der Waals surface area contributed by atoms with Crippen molar-refractivity contribution >= 4 is 23.9 Å². The van der Waals surface area contributed by atoms with Crippen molar-refractivity contribution in [3.05, 3.63) is 30.4 Å². The summed E-state index contributed by atoms with van der Waals surface area (Å²) in [4.78, 5) is 0. The molecule has 0 aliphatic carbocycles. The zero-order chi connectivity index (χ0) is 10.7. The van der Waals surface area contributed by atoms with E-state index in [0.29, 0.717) is 18.1 Å². The van der Waals surface area contributed by atoms with E-state index in [1.807, 2.05) is 25.3 Å². The van der Waals surface area contributed by atoms with E-state index >= 15 is 0 Å².